The lowest BCUT2D eigenvalue weighted by molar-refractivity contribution is 0.288. The van der Waals surface area contributed by atoms with Gasteiger partial charge in [-0.2, -0.15) is 5.10 Å². The summed E-state index contributed by atoms with van der Waals surface area (Å²) in [6.07, 6.45) is 5.99. The van der Waals surface area contributed by atoms with Crippen molar-refractivity contribution < 1.29 is 4.74 Å². The van der Waals surface area contributed by atoms with Crippen molar-refractivity contribution in [1.82, 2.24) is 15.5 Å². The molecule has 0 saturated carbocycles. The third-order valence-corrected chi connectivity index (χ3v) is 3.41. The molecule has 1 aromatic heterocycles. The van der Waals surface area contributed by atoms with Crippen LogP contribution in [-0.2, 0) is 6.42 Å². The number of ether oxygens (including phenoxy) is 1. The zero-order chi connectivity index (χ0) is 12.4. The number of hydrogen-bond donors (Lipinski definition) is 2. The third-order valence-electron chi connectivity index (χ3n) is 3.41. The van der Waals surface area contributed by atoms with Crippen molar-refractivity contribution in [2.45, 2.75) is 18.9 Å². The monoisotopic (exact) mass is 243 g/mol. The molecular weight excluding hydrogens is 226 g/mol. The molecule has 1 aliphatic heterocycles. The van der Waals surface area contributed by atoms with Crippen LogP contribution in [-0.4, -0.2) is 23.9 Å². The van der Waals surface area contributed by atoms with Crippen LogP contribution < -0.4 is 10.1 Å². The molecule has 0 radical (unpaired) electrons. The summed E-state index contributed by atoms with van der Waals surface area (Å²) in [5.74, 6) is 1.03. The Kier molecular flexibility index (Phi) is 3.02. The Morgan fingerprint density at radius 3 is 3.11 bits per heavy atom. The SMILES string of the molecule is CNC(c1cn[nH]c1)c1ccc2c(c1)CCCO2. The van der Waals surface area contributed by atoms with Crippen molar-refractivity contribution in [2.24, 2.45) is 0 Å². The van der Waals surface area contributed by atoms with E-state index >= 15 is 0 Å². The molecule has 0 saturated heterocycles. The van der Waals surface area contributed by atoms with Gasteiger partial charge >= 0.3 is 0 Å². The number of aromatic nitrogens is 2. The summed E-state index contributed by atoms with van der Waals surface area (Å²) in [4.78, 5) is 0. The molecule has 0 fully saturated rings. The summed E-state index contributed by atoms with van der Waals surface area (Å²) in [7, 11) is 1.97. The highest BCUT2D eigenvalue weighted by atomic mass is 16.5. The fraction of sp³-hybridized carbons (Fsp3) is 0.357. The largest absolute Gasteiger partial charge is 0.493 e. The minimum Gasteiger partial charge on any atom is -0.493 e. The maximum absolute atomic E-state index is 5.64. The maximum Gasteiger partial charge on any atom is 0.122 e. The molecule has 18 heavy (non-hydrogen) atoms. The zero-order valence-corrected chi connectivity index (χ0v) is 10.4. The average molecular weight is 243 g/mol. The summed E-state index contributed by atoms with van der Waals surface area (Å²) in [6.45, 7) is 0.837. The van der Waals surface area contributed by atoms with Crippen LogP contribution in [0.1, 0.15) is 29.2 Å². The highest BCUT2D eigenvalue weighted by molar-refractivity contribution is 5.41. The van der Waals surface area contributed by atoms with Crippen LogP contribution in [0.3, 0.4) is 0 Å². The fourth-order valence-corrected chi connectivity index (χ4v) is 2.50. The first-order valence-electron chi connectivity index (χ1n) is 6.30. The van der Waals surface area contributed by atoms with Crippen molar-refractivity contribution in [3.05, 3.63) is 47.3 Å². The van der Waals surface area contributed by atoms with Gasteiger partial charge in [0.05, 0.1) is 18.8 Å². The second-order valence-electron chi connectivity index (χ2n) is 4.57. The number of H-pyrrole nitrogens is 1. The molecular formula is C14H17N3O. The second kappa shape index (κ2) is 4.82. The standard InChI is InChI=1S/C14H17N3O/c1-15-14(12-8-16-17-9-12)11-4-5-13-10(7-11)3-2-6-18-13/h4-5,7-9,14-15H,2-3,6H2,1H3,(H,16,17). The number of aromatic amines is 1. The first kappa shape index (κ1) is 11.3. The molecule has 0 spiro atoms. The van der Waals surface area contributed by atoms with Crippen molar-refractivity contribution in [2.75, 3.05) is 13.7 Å². The predicted molar refractivity (Wildman–Crippen MR) is 69.7 cm³/mol. The van der Waals surface area contributed by atoms with Crippen molar-refractivity contribution in [3.63, 3.8) is 0 Å². The van der Waals surface area contributed by atoms with Crippen LogP contribution in [0.2, 0.25) is 0 Å². The predicted octanol–water partition coefficient (Wildman–Crippen LogP) is 2.04. The van der Waals surface area contributed by atoms with E-state index in [0.29, 0.717) is 0 Å². The number of aryl methyl sites for hydroxylation is 1. The van der Waals surface area contributed by atoms with E-state index in [1.165, 1.54) is 11.1 Å². The Hall–Kier alpha value is -1.81. The van der Waals surface area contributed by atoms with E-state index in [1.54, 1.807) is 0 Å². The molecule has 0 bridgehead atoms. The molecule has 1 aromatic carbocycles. The summed E-state index contributed by atoms with van der Waals surface area (Å²) < 4.78 is 5.64. The quantitative estimate of drug-likeness (QED) is 0.867. The van der Waals surface area contributed by atoms with Gasteiger partial charge in [-0.3, -0.25) is 5.10 Å². The molecule has 1 aliphatic rings. The number of rotatable bonds is 3. The van der Waals surface area contributed by atoms with Crippen LogP contribution in [0, 0.1) is 0 Å². The van der Waals surface area contributed by atoms with Crippen LogP contribution >= 0.6 is 0 Å². The van der Waals surface area contributed by atoms with Gasteiger partial charge in [0.15, 0.2) is 0 Å². The van der Waals surface area contributed by atoms with E-state index < -0.39 is 0 Å². The topological polar surface area (TPSA) is 49.9 Å². The van der Waals surface area contributed by atoms with E-state index in [-0.39, 0.29) is 6.04 Å². The summed E-state index contributed by atoms with van der Waals surface area (Å²) in [5.41, 5.74) is 3.71. The third kappa shape index (κ3) is 1.99. The zero-order valence-electron chi connectivity index (χ0n) is 10.4. The van der Waals surface area contributed by atoms with Gasteiger partial charge in [0.1, 0.15) is 5.75 Å². The molecule has 1 unspecified atom stereocenters. The number of nitrogens with one attached hydrogen (secondary N) is 2. The minimum absolute atomic E-state index is 0.177. The maximum atomic E-state index is 5.64. The van der Waals surface area contributed by atoms with E-state index in [4.69, 9.17) is 4.74 Å². The fourth-order valence-electron chi connectivity index (χ4n) is 2.50. The van der Waals surface area contributed by atoms with Gasteiger partial charge in [-0.05, 0) is 37.1 Å². The van der Waals surface area contributed by atoms with Gasteiger partial charge in [0, 0.05) is 11.8 Å². The lowest BCUT2D eigenvalue weighted by Gasteiger charge is -2.21. The summed E-state index contributed by atoms with van der Waals surface area (Å²) >= 11 is 0. The van der Waals surface area contributed by atoms with Gasteiger partial charge in [-0.1, -0.05) is 12.1 Å². The van der Waals surface area contributed by atoms with Crippen molar-refractivity contribution in [1.29, 1.82) is 0 Å². The summed E-state index contributed by atoms with van der Waals surface area (Å²) in [5, 5.41) is 10.2. The first-order chi connectivity index (χ1) is 8.88. The van der Waals surface area contributed by atoms with Gasteiger partial charge in [0.2, 0.25) is 0 Å². The molecule has 4 heteroatoms. The number of nitrogens with zero attached hydrogens (tertiary/aromatic N) is 1. The van der Waals surface area contributed by atoms with E-state index in [0.717, 1.165) is 30.8 Å². The Morgan fingerprint density at radius 1 is 1.39 bits per heavy atom. The number of fused-ring (bicyclic) bond motifs is 1. The average Bonchev–Trinajstić information content (AvgIpc) is 2.93. The Balaban J connectivity index is 1.95. The highest BCUT2D eigenvalue weighted by Crippen LogP contribution is 2.29. The van der Waals surface area contributed by atoms with Gasteiger partial charge < -0.3 is 10.1 Å². The molecule has 4 nitrogen and oxygen atoms in total. The van der Waals surface area contributed by atoms with E-state index in [9.17, 15) is 0 Å². The van der Waals surface area contributed by atoms with E-state index in [1.807, 2.05) is 19.4 Å². The molecule has 2 N–H and O–H groups in total. The summed E-state index contributed by atoms with van der Waals surface area (Å²) in [6, 6.07) is 6.62. The molecule has 3 rings (SSSR count). The second-order valence-corrected chi connectivity index (χ2v) is 4.57. The molecule has 0 aliphatic carbocycles. The van der Waals surface area contributed by atoms with Crippen LogP contribution in [0.5, 0.6) is 5.75 Å². The molecule has 1 atom stereocenters. The minimum atomic E-state index is 0.177. The van der Waals surface area contributed by atoms with Crippen LogP contribution in [0.25, 0.3) is 0 Å². The first-order valence-corrected chi connectivity index (χ1v) is 6.30. The Bertz CT molecular complexity index is 522. The number of benzene rings is 1. The van der Waals surface area contributed by atoms with Gasteiger partial charge in [-0.15, -0.1) is 0 Å². The molecule has 0 amide bonds. The molecule has 2 aromatic rings. The smallest absolute Gasteiger partial charge is 0.122 e. The van der Waals surface area contributed by atoms with E-state index in [2.05, 4.69) is 33.7 Å². The number of hydrogen-bond acceptors (Lipinski definition) is 3. The van der Waals surface area contributed by atoms with Gasteiger partial charge in [-0.25, -0.2) is 0 Å². The van der Waals surface area contributed by atoms with Crippen molar-refractivity contribution in [3.8, 4) is 5.75 Å². The lowest BCUT2D eigenvalue weighted by Crippen LogP contribution is -2.18. The molecule has 2 heterocycles. The van der Waals surface area contributed by atoms with Crippen LogP contribution in [0.4, 0.5) is 0 Å². The van der Waals surface area contributed by atoms with Gasteiger partial charge in [0.25, 0.3) is 0 Å². The van der Waals surface area contributed by atoms with Crippen molar-refractivity contribution >= 4 is 0 Å². The molecule has 94 valence electrons. The highest BCUT2D eigenvalue weighted by Gasteiger charge is 2.16. The Labute approximate surface area is 106 Å². The normalized spacial score (nSPS) is 15.8. The lowest BCUT2D eigenvalue weighted by atomic mass is 9.96. The Morgan fingerprint density at radius 2 is 2.33 bits per heavy atom. The van der Waals surface area contributed by atoms with Crippen LogP contribution in [0.15, 0.2) is 30.6 Å².